The molecule has 0 saturated carbocycles. The summed E-state index contributed by atoms with van der Waals surface area (Å²) in [5.41, 5.74) is 4.71. The van der Waals surface area contributed by atoms with E-state index in [0.29, 0.717) is 0 Å². The highest BCUT2D eigenvalue weighted by molar-refractivity contribution is 7.79. The Bertz CT molecular complexity index is 457. The first-order valence-corrected chi connectivity index (χ1v) is 5.57. The second-order valence-corrected chi connectivity index (χ2v) is 3.98. The molecule has 0 amide bonds. The van der Waals surface area contributed by atoms with Crippen molar-refractivity contribution in [1.29, 1.82) is 0 Å². The van der Waals surface area contributed by atoms with E-state index in [4.69, 9.17) is 0 Å². The molecule has 0 bridgehead atoms. The van der Waals surface area contributed by atoms with Crippen LogP contribution in [0.25, 0.3) is 5.69 Å². The summed E-state index contributed by atoms with van der Waals surface area (Å²) < 4.78 is 1.95. The summed E-state index contributed by atoms with van der Waals surface area (Å²) in [7, 11) is 0. The number of nitrogens with zero attached hydrogens (tertiary/aromatic N) is 2. The van der Waals surface area contributed by atoms with Crippen molar-refractivity contribution in [3.05, 3.63) is 47.3 Å². The molecule has 2 aromatic rings. The third kappa shape index (κ3) is 1.92. The predicted octanol–water partition coefficient (Wildman–Crippen LogP) is 2.92. The zero-order chi connectivity index (χ0) is 10.8. The quantitative estimate of drug-likeness (QED) is 0.767. The summed E-state index contributed by atoms with van der Waals surface area (Å²) in [6.07, 6.45) is 1.88. The number of hydrogen-bond acceptors (Lipinski definition) is 2. The van der Waals surface area contributed by atoms with Gasteiger partial charge in [-0.25, -0.2) is 4.68 Å². The van der Waals surface area contributed by atoms with E-state index in [9.17, 15) is 0 Å². The van der Waals surface area contributed by atoms with Gasteiger partial charge in [0.2, 0.25) is 0 Å². The maximum absolute atomic E-state index is 4.35. The van der Waals surface area contributed by atoms with Gasteiger partial charge in [-0.2, -0.15) is 17.7 Å². The maximum atomic E-state index is 4.35. The lowest BCUT2D eigenvalue weighted by Gasteiger charge is -2.05. The van der Waals surface area contributed by atoms with Gasteiger partial charge in [0, 0.05) is 17.0 Å². The molecule has 3 heteroatoms. The zero-order valence-electron chi connectivity index (χ0n) is 8.94. The van der Waals surface area contributed by atoms with Crippen molar-refractivity contribution < 1.29 is 0 Å². The highest BCUT2D eigenvalue weighted by Gasteiger charge is 2.05. The molecule has 0 aliphatic rings. The van der Waals surface area contributed by atoms with Crippen LogP contribution in [-0.2, 0) is 5.75 Å². The Hall–Kier alpha value is -1.22. The normalized spacial score (nSPS) is 10.6. The average molecular weight is 218 g/mol. The van der Waals surface area contributed by atoms with Gasteiger partial charge in [-0.3, -0.25) is 0 Å². The first-order valence-electron chi connectivity index (χ1n) is 4.94. The van der Waals surface area contributed by atoms with Gasteiger partial charge in [0.15, 0.2) is 0 Å². The summed E-state index contributed by atoms with van der Waals surface area (Å²) in [6, 6.07) is 8.35. The van der Waals surface area contributed by atoms with Gasteiger partial charge in [-0.15, -0.1) is 0 Å². The van der Waals surface area contributed by atoms with E-state index in [1.807, 2.05) is 10.9 Å². The Morgan fingerprint density at radius 2 is 1.87 bits per heavy atom. The van der Waals surface area contributed by atoms with Crippen LogP contribution in [0, 0.1) is 13.8 Å². The Morgan fingerprint density at radius 1 is 1.20 bits per heavy atom. The van der Waals surface area contributed by atoms with E-state index in [0.717, 1.165) is 17.1 Å². The van der Waals surface area contributed by atoms with Crippen molar-refractivity contribution in [3.63, 3.8) is 0 Å². The molecule has 0 spiro atoms. The molecule has 1 aromatic heterocycles. The van der Waals surface area contributed by atoms with Crippen molar-refractivity contribution in [2.45, 2.75) is 19.6 Å². The molecule has 0 aliphatic heterocycles. The molecule has 0 unspecified atom stereocenters. The number of aryl methyl sites for hydroxylation is 1. The van der Waals surface area contributed by atoms with Crippen molar-refractivity contribution >= 4 is 12.6 Å². The largest absolute Gasteiger partial charge is 0.238 e. The lowest BCUT2D eigenvalue weighted by atomic mass is 10.2. The second kappa shape index (κ2) is 4.11. The maximum Gasteiger partial charge on any atom is 0.0648 e. The van der Waals surface area contributed by atoms with Crippen LogP contribution in [0.2, 0.25) is 0 Å². The minimum Gasteiger partial charge on any atom is -0.238 e. The summed E-state index contributed by atoms with van der Waals surface area (Å²) in [5, 5.41) is 4.35. The molecule has 2 nitrogen and oxygen atoms in total. The number of aromatic nitrogens is 2. The molecular weight excluding hydrogens is 204 g/mol. The summed E-state index contributed by atoms with van der Waals surface area (Å²) in [5.74, 6) is 0.734. The SMILES string of the molecule is Cc1ccc(-n2ncc(CS)c2C)cc1. The van der Waals surface area contributed by atoms with Crippen molar-refractivity contribution in [3.8, 4) is 5.69 Å². The monoisotopic (exact) mass is 218 g/mol. The third-order valence-electron chi connectivity index (χ3n) is 2.56. The fraction of sp³-hybridized carbons (Fsp3) is 0.250. The van der Waals surface area contributed by atoms with E-state index in [-0.39, 0.29) is 0 Å². The van der Waals surface area contributed by atoms with Crippen LogP contribution in [0.1, 0.15) is 16.8 Å². The first-order chi connectivity index (χ1) is 7.22. The molecule has 1 aromatic carbocycles. The van der Waals surface area contributed by atoms with Gasteiger partial charge in [-0.05, 0) is 26.0 Å². The van der Waals surface area contributed by atoms with Crippen LogP contribution >= 0.6 is 12.6 Å². The minimum atomic E-state index is 0.734. The highest BCUT2D eigenvalue weighted by atomic mass is 32.1. The van der Waals surface area contributed by atoms with Crippen LogP contribution in [0.4, 0.5) is 0 Å². The Kier molecular flexibility index (Phi) is 2.82. The molecule has 0 aliphatic carbocycles. The Labute approximate surface area is 95.3 Å². The third-order valence-corrected chi connectivity index (χ3v) is 2.90. The standard InChI is InChI=1S/C12H14N2S/c1-9-3-5-12(6-4-9)14-10(2)11(8-15)7-13-14/h3-7,15H,8H2,1-2H3. The molecule has 2 rings (SSSR count). The van der Waals surface area contributed by atoms with Gasteiger partial charge >= 0.3 is 0 Å². The Morgan fingerprint density at radius 3 is 2.40 bits per heavy atom. The van der Waals surface area contributed by atoms with Gasteiger partial charge in [-0.1, -0.05) is 17.7 Å². The fourth-order valence-corrected chi connectivity index (χ4v) is 1.86. The van der Waals surface area contributed by atoms with Gasteiger partial charge < -0.3 is 0 Å². The Balaban J connectivity index is 2.45. The van der Waals surface area contributed by atoms with E-state index in [1.165, 1.54) is 11.1 Å². The lowest BCUT2D eigenvalue weighted by molar-refractivity contribution is 0.845. The van der Waals surface area contributed by atoms with Crippen LogP contribution in [0.5, 0.6) is 0 Å². The molecule has 1 heterocycles. The lowest BCUT2D eigenvalue weighted by Crippen LogP contribution is -1.98. The number of benzene rings is 1. The van der Waals surface area contributed by atoms with E-state index < -0.39 is 0 Å². The molecule has 0 saturated heterocycles. The van der Waals surface area contributed by atoms with E-state index in [2.05, 4.69) is 55.8 Å². The first kappa shape index (κ1) is 10.3. The van der Waals surface area contributed by atoms with E-state index >= 15 is 0 Å². The average Bonchev–Trinajstić information content (AvgIpc) is 2.61. The van der Waals surface area contributed by atoms with Gasteiger partial charge in [0.1, 0.15) is 0 Å². The fourth-order valence-electron chi connectivity index (χ4n) is 1.54. The number of thiol groups is 1. The molecule has 0 atom stereocenters. The smallest absolute Gasteiger partial charge is 0.0648 e. The topological polar surface area (TPSA) is 17.8 Å². The van der Waals surface area contributed by atoms with Crippen LogP contribution in [-0.4, -0.2) is 9.78 Å². The van der Waals surface area contributed by atoms with Gasteiger partial charge in [0.25, 0.3) is 0 Å². The van der Waals surface area contributed by atoms with Crippen molar-refractivity contribution in [2.24, 2.45) is 0 Å². The number of rotatable bonds is 2. The predicted molar refractivity (Wildman–Crippen MR) is 65.7 cm³/mol. The molecular formula is C12H14N2S. The van der Waals surface area contributed by atoms with Gasteiger partial charge in [0.05, 0.1) is 11.9 Å². The van der Waals surface area contributed by atoms with Crippen LogP contribution < -0.4 is 0 Å². The summed E-state index contributed by atoms with van der Waals surface area (Å²) >= 11 is 4.27. The molecule has 0 radical (unpaired) electrons. The van der Waals surface area contributed by atoms with Crippen LogP contribution in [0.3, 0.4) is 0 Å². The number of hydrogen-bond donors (Lipinski definition) is 1. The van der Waals surface area contributed by atoms with Crippen LogP contribution in [0.15, 0.2) is 30.5 Å². The summed E-state index contributed by atoms with van der Waals surface area (Å²) in [6.45, 7) is 4.15. The van der Waals surface area contributed by atoms with E-state index in [1.54, 1.807) is 0 Å². The molecule has 15 heavy (non-hydrogen) atoms. The zero-order valence-corrected chi connectivity index (χ0v) is 9.83. The highest BCUT2D eigenvalue weighted by Crippen LogP contribution is 2.15. The molecule has 0 fully saturated rings. The van der Waals surface area contributed by atoms with Crippen molar-refractivity contribution in [2.75, 3.05) is 0 Å². The molecule has 78 valence electrons. The summed E-state index contributed by atoms with van der Waals surface area (Å²) in [4.78, 5) is 0. The second-order valence-electron chi connectivity index (χ2n) is 3.66. The van der Waals surface area contributed by atoms with Crippen molar-refractivity contribution in [1.82, 2.24) is 9.78 Å². The molecule has 0 N–H and O–H groups in total. The minimum absolute atomic E-state index is 0.734.